The summed E-state index contributed by atoms with van der Waals surface area (Å²) in [6, 6.07) is 0. The van der Waals surface area contributed by atoms with Crippen LogP contribution in [0.3, 0.4) is 0 Å². The number of likely N-dealkylation sites (N-methyl/N-ethyl adjacent to an activating group) is 1. The molecule has 5 nitrogen and oxygen atoms in total. The summed E-state index contributed by atoms with van der Waals surface area (Å²) in [4.78, 5) is 23.7. The number of aliphatic hydroxyl groups is 1. The first kappa shape index (κ1) is 13.9. The van der Waals surface area contributed by atoms with E-state index < -0.39 is 5.60 Å². The van der Waals surface area contributed by atoms with E-state index in [0.29, 0.717) is 6.42 Å². The minimum absolute atomic E-state index is 0.0146. The predicted octanol–water partition coefficient (Wildman–Crippen LogP) is -0.258. The Morgan fingerprint density at radius 1 is 1.40 bits per heavy atom. The molecule has 15 heavy (non-hydrogen) atoms. The fourth-order valence-electron chi connectivity index (χ4n) is 1.10. The molecule has 0 saturated carbocycles. The quantitative estimate of drug-likeness (QED) is 0.665. The van der Waals surface area contributed by atoms with E-state index in [1.54, 1.807) is 27.8 Å². The number of nitrogens with one attached hydrogen (secondary N) is 1. The molecule has 5 heteroatoms. The molecule has 0 heterocycles. The van der Waals surface area contributed by atoms with Crippen molar-refractivity contribution in [1.29, 1.82) is 0 Å². The van der Waals surface area contributed by atoms with Crippen LogP contribution in [-0.4, -0.2) is 47.6 Å². The van der Waals surface area contributed by atoms with Crippen LogP contribution in [-0.2, 0) is 9.59 Å². The molecule has 0 bridgehead atoms. The second-order valence-electron chi connectivity index (χ2n) is 4.19. The molecular formula is C10H20N2O3. The highest BCUT2D eigenvalue weighted by atomic mass is 16.3. The van der Waals surface area contributed by atoms with E-state index in [1.165, 1.54) is 4.90 Å². The van der Waals surface area contributed by atoms with Crippen molar-refractivity contribution in [3.05, 3.63) is 0 Å². The van der Waals surface area contributed by atoms with Crippen LogP contribution < -0.4 is 5.32 Å². The molecule has 0 fully saturated rings. The minimum atomic E-state index is -0.917. The monoisotopic (exact) mass is 216 g/mol. The van der Waals surface area contributed by atoms with Gasteiger partial charge in [0.15, 0.2) is 0 Å². The maximum absolute atomic E-state index is 11.4. The van der Waals surface area contributed by atoms with Gasteiger partial charge >= 0.3 is 0 Å². The third-order valence-corrected chi connectivity index (χ3v) is 1.81. The molecule has 0 aromatic heterocycles. The summed E-state index contributed by atoms with van der Waals surface area (Å²) in [5, 5.41) is 12.0. The Labute approximate surface area is 90.5 Å². The van der Waals surface area contributed by atoms with Crippen LogP contribution in [0.1, 0.15) is 27.2 Å². The first-order valence-corrected chi connectivity index (χ1v) is 4.99. The molecule has 0 atom stereocenters. The van der Waals surface area contributed by atoms with Gasteiger partial charge in [0.2, 0.25) is 11.8 Å². The highest BCUT2D eigenvalue weighted by molar-refractivity contribution is 5.84. The van der Waals surface area contributed by atoms with Crippen LogP contribution in [0, 0.1) is 0 Å². The first-order valence-electron chi connectivity index (χ1n) is 4.99. The van der Waals surface area contributed by atoms with Gasteiger partial charge in [0.25, 0.3) is 0 Å². The molecule has 0 rings (SSSR count). The predicted molar refractivity (Wildman–Crippen MR) is 57.2 cm³/mol. The van der Waals surface area contributed by atoms with Crippen LogP contribution in [0.4, 0.5) is 0 Å². The number of nitrogens with zero attached hydrogens (tertiary/aromatic N) is 1. The Balaban J connectivity index is 3.95. The summed E-state index contributed by atoms with van der Waals surface area (Å²) >= 11 is 0. The zero-order valence-corrected chi connectivity index (χ0v) is 9.83. The SMILES string of the molecule is CCC(=O)NCC(=O)N(C)CC(C)(C)O. The van der Waals surface area contributed by atoms with Gasteiger partial charge < -0.3 is 15.3 Å². The fraction of sp³-hybridized carbons (Fsp3) is 0.800. The summed E-state index contributed by atoms with van der Waals surface area (Å²) in [7, 11) is 1.60. The summed E-state index contributed by atoms with van der Waals surface area (Å²) in [6.45, 7) is 5.20. The highest BCUT2D eigenvalue weighted by Gasteiger charge is 2.19. The van der Waals surface area contributed by atoms with Crippen LogP contribution in [0.5, 0.6) is 0 Å². The van der Waals surface area contributed by atoms with Crippen LogP contribution in [0.2, 0.25) is 0 Å². The molecule has 0 aliphatic carbocycles. The lowest BCUT2D eigenvalue weighted by molar-refractivity contribution is -0.133. The maximum atomic E-state index is 11.4. The molecule has 0 aromatic carbocycles. The fourth-order valence-corrected chi connectivity index (χ4v) is 1.10. The first-order chi connectivity index (χ1) is 6.76. The number of carbonyl (C=O) groups is 2. The van der Waals surface area contributed by atoms with Gasteiger partial charge in [0.1, 0.15) is 0 Å². The van der Waals surface area contributed by atoms with Gasteiger partial charge in [-0.05, 0) is 13.8 Å². The van der Waals surface area contributed by atoms with Gasteiger partial charge in [0, 0.05) is 20.0 Å². The van der Waals surface area contributed by atoms with Crippen LogP contribution in [0.15, 0.2) is 0 Å². The average Bonchev–Trinajstić information content (AvgIpc) is 2.10. The summed E-state index contributed by atoms with van der Waals surface area (Å²) < 4.78 is 0. The van der Waals surface area contributed by atoms with E-state index in [-0.39, 0.29) is 24.9 Å². The topological polar surface area (TPSA) is 69.6 Å². The lowest BCUT2D eigenvalue weighted by Crippen LogP contribution is -2.44. The zero-order chi connectivity index (χ0) is 12.1. The Morgan fingerprint density at radius 2 is 1.93 bits per heavy atom. The van der Waals surface area contributed by atoms with E-state index in [1.807, 2.05) is 0 Å². The van der Waals surface area contributed by atoms with Crippen molar-refractivity contribution in [1.82, 2.24) is 10.2 Å². The number of hydrogen-bond acceptors (Lipinski definition) is 3. The van der Waals surface area contributed by atoms with E-state index in [4.69, 9.17) is 0 Å². The standard InChI is InChI=1S/C10H20N2O3/c1-5-8(13)11-6-9(14)12(4)7-10(2,3)15/h15H,5-7H2,1-4H3,(H,11,13). The molecular weight excluding hydrogens is 196 g/mol. The third-order valence-electron chi connectivity index (χ3n) is 1.81. The number of carbonyl (C=O) groups excluding carboxylic acids is 2. The Hall–Kier alpha value is -1.10. The second kappa shape index (κ2) is 5.70. The van der Waals surface area contributed by atoms with Gasteiger partial charge in [-0.3, -0.25) is 9.59 Å². The van der Waals surface area contributed by atoms with E-state index in [9.17, 15) is 14.7 Å². The van der Waals surface area contributed by atoms with Crippen LogP contribution in [0.25, 0.3) is 0 Å². The minimum Gasteiger partial charge on any atom is -0.389 e. The molecule has 0 aliphatic heterocycles. The van der Waals surface area contributed by atoms with Crippen molar-refractivity contribution in [3.8, 4) is 0 Å². The highest BCUT2D eigenvalue weighted by Crippen LogP contribution is 2.02. The van der Waals surface area contributed by atoms with Gasteiger partial charge in [-0.2, -0.15) is 0 Å². The molecule has 88 valence electrons. The smallest absolute Gasteiger partial charge is 0.241 e. The molecule has 2 amide bonds. The number of amides is 2. The molecule has 0 aliphatic rings. The molecule has 0 saturated heterocycles. The van der Waals surface area contributed by atoms with Crippen LogP contribution >= 0.6 is 0 Å². The summed E-state index contributed by atoms with van der Waals surface area (Å²) in [5.74, 6) is -0.362. The van der Waals surface area contributed by atoms with E-state index >= 15 is 0 Å². The van der Waals surface area contributed by atoms with Gasteiger partial charge in [-0.25, -0.2) is 0 Å². The molecule has 0 spiro atoms. The lowest BCUT2D eigenvalue weighted by Gasteiger charge is -2.25. The van der Waals surface area contributed by atoms with Gasteiger partial charge in [-0.15, -0.1) is 0 Å². The van der Waals surface area contributed by atoms with Crippen molar-refractivity contribution in [2.45, 2.75) is 32.8 Å². The Kier molecular flexibility index (Phi) is 5.28. The van der Waals surface area contributed by atoms with E-state index in [2.05, 4.69) is 5.32 Å². The Morgan fingerprint density at radius 3 is 2.33 bits per heavy atom. The normalized spacial score (nSPS) is 11.0. The number of hydrogen-bond donors (Lipinski definition) is 2. The summed E-state index contributed by atoms with van der Waals surface area (Å²) in [5.41, 5.74) is -0.917. The van der Waals surface area contributed by atoms with Gasteiger partial charge in [0.05, 0.1) is 12.1 Å². The molecule has 0 unspecified atom stereocenters. The molecule has 0 aromatic rings. The lowest BCUT2D eigenvalue weighted by atomic mass is 10.1. The Bertz CT molecular complexity index is 233. The van der Waals surface area contributed by atoms with Crippen molar-refractivity contribution in [2.24, 2.45) is 0 Å². The molecule has 2 N–H and O–H groups in total. The summed E-state index contributed by atoms with van der Waals surface area (Å²) in [6.07, 6.45) is 0.364. The largest absolute Gasteiger partial charge is 0.389 e. The average molecular weight is 216 g/mol. The van der Waals surface area contributed by atoms with Crippen molar-refractivity contribution in [3.63, 3.8) is 0 Å². The van der Waals surface area contributed by atoms with Gasteiger partial charge in [-0.1, -0.05) is 6.92 Å². The van der Waals surface area contributed by atoms with Crippen molar-refractivity contribution >= 4 is 11.8 Å². The number of rotatable bonds is 5. The maximum Gasteiger partial charge on any atom is 0.241 e. The molecule has 0 radical (unpaired) electrons. The second-order valence-corrected chi connectivity index (χ2v) is 4.19. The van der Waals surface area contributed by atoms with Crippen molar-refractivity contribution < 1.29 is 14.7 Å². The third kappa shape index (κ3) is 6.90. The van der Waals surface area contributed by atoms with Crippen molar-refractivity contribution in [2.75, 3.05) is 20.1 Å². The van der Waals surface area contributed by atoms with E-state index in [0.717, 1.165) is 0 Å². The zero-order valence-electron chi connectivity index (χ0n) is 9.83.